The first-order chi connectivity index (χ1) is 11.1. The van der Waals surface area contributed by atoms with E-state index >= 15 is 0 Å². The van der Waals surface area contributed by atoms with Crippen LogP contribution in [0.15, 0.2) is 24.3 Å². The molecule has 0 aromatic heterocycles. The van der Waals surface area contributed by atoms with E-state index in [1.54, 1.807) is 0 Å². The number of amides is 1. The minimum Gasteiger partial charge on any atom is -0.338 e. The SMILES string of the molecule is Cc1ccc(CN(C)CC(=O)N2CC(N3CCCCC3)C2)cc1. The predicted molar refractivity (Wildman–Crippen MR) is 93.3 cm³/mol. The second-order valence-corrected chi connectivity index (χ2v) is 7.21. The van der Waals surface area contributed by atoms with E-state index in [2.05, 4.69) is 41.0 Å². The van der Waals surface area contributed by atoms with Crippen molar-refractivity contribution in [3.63, 3.8) is 0 Å². The Hall–Kier alpha value is -1.39. The molecule has 1 aromatic rings. The van der Waals surface area contributed by atoms with E-state index in [1.165, 1.54) is 43.5 Å². The van der Waals surface area contributed by atoms with Gasteiger partial charge in [0.25, 0.3) is 0 Å². The fraction of sp³-hybridized carbons (Fsp3) is 0.632. The van der Waals surface area contributed by atoms with Crippen LogP contribution < -0.4 is 0 Å². The van der Waals surface area contributed by atoms with E-state index in [4.69, 9.17) is 0 Å². The van der Waals surface area contributed by atoms with Crippen LogP contribution in [0.5, 0.6) is 0 Å². The van der Waals surface area contributed by atoms with Crippen LogP contribution in [0.4, 0.5) is 0 Å². The number of hydrogen-bond donors (Lipinski definition) is 0. The fourth-order valence-electron chi connectivity index (χ4n) is 3.57. The summed E-state index contributed by atoms with van der Waals surface area (Å²) in [6.45, 7) is 7.74. The highest BCUT2D eigenvalue weighted by Crippen LogP contribution is 2.20. The third-order valence-electron chi connectivity index (χ3n) is 5.10. The van der Waals surface area contributed by atoms with Gasteiger partial charge in [0.1, 0.15) is 0 Å². The van der Waals surface area contributed by atoms with Gasteiger partial charge < -0.3 is 4.90 Å². The Bertz CT molecular complexity index is 516. The number of carbonyl (C=O) groups is 1. The van der Waals surface area contributed by atoms with Crippen molar-refractivity contribution in [1.29, 1.82) is 0 Å². The van der Waals surface area contributed by atoms with Crippen molar-refractivity contribution >= 4 is 5.91 Å². The molecule has 2 aliphatic rings. The molecule has 2 saturated heterocycles. The second-order valence-electron chi connectivity index (χ2n) is 7.21. The Morgan fingerprint density at radius 3 is 2.43 bits per heavy atom. The zero-order chi connectivity index (χ0) is 16.2. The standard InChI is InChI=1S/C19H29N3O/c1-16-6-8-17(9-7-16)12-20(2)15-19(23)22-13-18(14-22)21-10-4-3-5-11-21/h6-9,18H,3-5,10-15H2,1-2H3. The van der Waals surface area contributed by atoms with Crippen molar-refractivity contribution in [3.8, 4) is 0 Å². The highest BCUT2D eigenvalue weighted by molar-refractivity contribution is 5.79. The fourth-order valence-corrected chi connectivity index (χ4v) is 3.57. The summed E-state index contributed by atoms with van der Waals surface area (Å²) in [4.78, 5) is 19.1. The number of benzene rings is 1. The molecule has 23 heavy (non-hydrogen) atoms. The molecule has 2 aliphatic heterocycles. The molecule has 4 heteroatoms. The van der Waals surface area contributed by atoms with Gasteiger partial charge in [-0.15, -0.1) is 0 Å². The van der Waals surface area contributed by atoms with Crippen LogP contribution >= 0.6 is 0 Å². The molecule has 126 valence electrons. The monoisotopic (exact) mass is 315 g/mol. The Morgan fingerprint density at radius 1 is 1.13 bits per heavy atom. The van der Waals surface area contributed by atoms with E-state index in [-0.39, 0.29) is 5.91 Å². The zero-order valence-corrected chi connectivity index (χ0v) is 14.5. The summed E-state index contributed by atoms with van der Waals surface area (Å²) in [6.07, 6.45) is 4.02. The average Bonchev–Trinajstić information content (AvgIpc) is 2.49. The number of likely N-dealkylation sites (N-methyl/N-ethyl adjacent to an activating group) is 1. The van der Waals surface area contributed by atoms with Gasteiger partial charge in [-0.1, -0.05) is 36.2 Å². The normalized spacial score (nSPS) is 19.9. The van der Waals surface area contributed by atoms with Gasteiger partial charge in [-0.25, -0.2) is 0 Å². The maximum Gasteiger partial charge on any atom is 0.236 e. The molecule has 2 heterocycles. The Labute approximate surface area is 140 Å². The predicted octanol–water partition coefficient (Wildman–Crippen LogP) is 2.12. The van der Waals surface area contributed by atoms with Gasteiger partial charge >= 0.3 is 0 Å². The van der Waals surface area contributed by atoms with E-state index in [9.17, 15) is 4.79 Å². The molecule has 0 unspecified atom stereocenters. The van der Waals surface area contributed by atoms with Gasteiger partial charge in [0.15, 0.2) is 0 Å². The topological polar surface area (TPSA) is 26.8 Å². The highest BCUT2D eigenvalue weighted by Gasteiger charge is 2.35. The summed E-state index contributed by atoms with van der Waals surface area (Å²) in [5.41, 5.74) is 2.54. The number of nitrogens with zero attached hydrogens (tertiary/aromatic N) is 3. The molecule has 0 atom stereocenters. The van der Waals surface area contributed by atoms with E-state index in [1.807, 2.05) is 11.9 Å². The quantitative estimate of drug-likeness (QED) is 0.833. The van der Waals surface area contributed by atoms with Crippen LogP contribution in [0.3, 0.4) is 0 Å². The molecule has 0 aliphatic carbocycles. The van der Waals surface area contributed by atoms with Crippen LogP contribution in [0.2, 0.25) is 0 Å². The number of likely N-dealkylation sites (tertiary alicyclic amines) is 2. The molecule has 0 N–H and O–H groups in total. The van der Waals surface area contributed by atoms with Gasteiger partial charge in [0.05, 0.1) is 6.54 Å². The highest BCUT2D eigenvalue weighted by atomic mass is 16.2. The van der Waals surface area contributed by atoms with Crippen LogP contribution in [0, 0.1) is 6.92 Å². The lowest BCUT2D eigenvalue weighted by atomic mass is 10.0. The largest absolute Gasteiger partial charge is 0.338 e. The van der Waals surface area contributed by atoms with Crippen LogP contribution in [0.1, 0.15) is 30.4 Å². The zero-order valence-electron chi connectivity index (χ0n) is 14.5. The van der Waals surface area contributed by atoms with Gasteiger partial charge in [-0.3, -0.25) is 14.6 Å². The molecule has 0 bridgehead atoms. The molecular formula is C19H29N3O. The van der Waals surface area contributed by atoms with E-state index < -0.39 is 0 Å². The summed E-state index contributed by atoms with van der Waals surface area (Å²) >= 11 is 0. The summed E-state index contributed by atoms with van der Waals surface area (Å²) < 4.78 is 0. The number of rotatable bonds is 5. The van der Waals surface area contributed by atoms with Gasteiger partial charge in [0.2, 0.25) is 5.91 Å². The molecule has 0 radical (unpaired) electrons. The smallest absolute Gasteiger partial charge is 0.236 e. The van der Waals surface area contributed by atoms with E-state index in [0.29, 0.717) is 12.6 Å². The second kappa shape index (κ2) is 7.45. The van der Waals surface area contributed by atoms with Crippen molar-refractivity contribution in [1.82, 2.24) is 14.7 Å². The molecule has 4 nitrogen and oxygen atoms in total. The maximum atomic E-state index is 12.4. The molecule has 0 saturated carbocycles. The van der Waals surface area contributed by atoms with Crippen LogP contribution in [-0.4, -0.2) is 66.4 Å². The first-order valence-electron chi connectivity index (χ1n) is 8.88. The first-order valence-corrected chi connectivity index (χ1v) is 8.88. The first kappa shape index (κ1) is 16.5. The molecule has 2 fully saturated rings. The van der Waals surface area contributed by atoms with Crippen molar-refractivity contribution < 1.29 is 4.79 Å². The number of carbonyl (C=O) groups excluding carboxylic acids is 1. The minimum atomic E-state index is 0.271. The number of hydrogen-bond acceptors (Lipinski definition) is 3. The van der Waals surface area contributed by atoms with Crippen molar-refractivity contribution in [2.24, 2.45) is 0 Å². The minimum absolute atomic E-state index is 0.271. The van der Waals surface area contributed by atoms with Crippen molar-refractivity contribution in [3.05, 3.63) is 35.4 Å². The van der Waals surface area contributed by atoms with Gasteiger partial charge in [-0.2, -0.15) is 0 Å². The molecule has 1 amide bonds. The number of piperidine rings is 1. The van der Waals surface area contributed by atoms with Gasteiger partial charge in [0, 0.05) is 25.7 Å². The maximum absolute atomic E-state index is 12.4. The lowest BCUT2D eigenvalue weighted by Crippen LogP contribution is -2.62. The average molecular weight is 315 g/mol. The number of aryl methyl sites for hydroxylation is 1. The van der Waals surface area contributed by atoms with Crippen molar-refractivity contribution in [2.45, 2.75) is 38.8 Å². The third kappa shape index (κ3) is 4.33. The Balaban J connectivity index is 1.40. The summed E-state index contributed by atoms with van der Waals surface area (Å²) in [5.74, 6) is 0.271. The molecule has 1 aromatic carbocycles. The van der Waals surface area contributed by atoms with E-state index in [0.717, 1.165) is 19.6 Å². The lowest BCUT2D eigenvalue weighted by molar-refractivity contribution is -0.140. The molecule has 0 spiro atoms. The Morgan fingerprint density at radius 2 is 1.78 bits per heavy atom. The molecular weight excluding hydrogens is 286 g/mol. The summed E-state index contributed by atoms with van der Waals surface area (Å²) in [5, 5.41) is 0. The third-order valence-corrected chi connectivity index (χ3v) is 5.10. The lowest BCUT2D eigenvalue weighted by Gasteiger charge is -2.47. The summed E-state index contributed by atoms with van der Waals surface area (Å²) in [6, 6.07) is 9.16. The van der Waals surface area contributed by atoms with Crippen LogP contribution in [0.25, 0.3) is 0 Å². The summed E-state index contributed by atoms with van der Waals surface area (Å²) in [7, 11) is 2.03. The molecule has 3 rings (SSSR count). The van der Waals surface area contributed by atoms with Gasteiger partial charge in [-0.05, 0) is 45.5 Å². The van der Waals surface area contributed by atoms with Crippen molar-refractivity contribution in [2.75, 3.05) is 39.8 Å². The Kier molecular flexibility index (Phi) is 5.34. The van der Waals surface area contributed by atoms with Crippen LogP contribution in [-0.2, 0) is 11.3 Å².